The minimum absolute atomic E-state index is 0.516. The molecule has 0 spiro atoms. The molecule has 0 bridgehead atoms. The molecule has 0 aliphatic rings. The SMILES string of the molecule is OC(CCC(F)(F)F)CCC(F)(F)F.OC(c1ccccc1)c1ccccc1. The average Bonchev–Trinajstić information content (AvgIpc) is 2.65. The van der Waals surface area contributed by atoms with Crippen molar-refractivity contribution in [1.29, 1.82) is 0 Å². The number of hydrogen-bond donors (Lipinski definition) is 2. The zero-order valence-electron chi connectivity index (χ0n) is 14.9. The summed E-state index contributed by atoms with van der Waals surface area (Å²) in [5, 5.41) is 18.8. The van der Waals surface area contributed by atoms with Crippen molar-refractivity contribution in [3.05, 3.63) is 71.8 Å². The number of halogens is 6. The Morgan fingerprint density at radius 2 is 0.929 bits per heavy atom. The maximum Gasteiger partial charge on any atom is 0.389 e. The van der Waals surface area contributed by atoms with Gasteiger partial charge in [0, 0.05) is 12.8 Å². The van der Waals surface area contributed by atoms with Crippen LogP contribution >= 0.6 is 0 Å². The van der Waals surface area contributed by atoms with Crippen LogP contribution in [0.15, 0.2) is 60.7 Å². The van der Waals surface area contributed by atoms with Gasteiger partial charge in [-0.2, -0.15) is 26.3 Å². The van der Waals surface area contributed by atoms with Gasteiger partial charge in [0.25, 0.3) is 0 Å². The van der Waals surface area contributed by atoms with Crippen LogP contribution in [-0.2, 0) is 0 Å². The van der Waals surface area contributed by atoms with Crippen molar-refractivity contribution in [3.63, 3.8) is 0 Å². The second-order valence-corrected chi connectivity index (χ2v) is 6.19. The largest absolute Gasteiger partial charge is 0.393 e. The lowest BCUT2D eigenvalue weighted by Gasteiger charge is -2.13. The molecule has 0 saturated carbocycles. The standard InChI is InChI=1S/C13H12O.C7H10F6O/c14-13(11-7-3-1-4-8-11)12-9-5-2-6-10-12;8-6(9,10)3-1-5(14)2-4-7(11,12)13/h1-10,13-14H;5,14H,1-4H2. The molecule has 28 heavy (non-hydrogen) atoms. The zero-order valence-corrected chi connectivity index (χ0v) is 14.9. The van der Waals surface area contributed by atoms with Crippen LogP contribution in [0.25, 0.3) is 0 Å². The minimum Gasteiger partial charge on any atom is -0.393 e. The topological polar surface area (TPSA) is 40.5 Å². The minimum atomic E-state index is -4.43. The highest BCUT2D eigenvalue weighted by Crippen LogP contribution is 2.26. The van der Waals surface area contributed by atoms with Gasteiger partial charge in [0.05, 0.1) is 6.10 Å². The summed E-state index contributed by atoms with van der Waals surface area (Å²) in [6.45, 7) is 0. The first kappa shape index (κ1) is 24.0. The first-order chi connectivity index (χ1) is 13.0. The molecule has 8 heteroatoms. The molecular weight excluding hydrogens is 386 g/mol. The molecule has 0 radical (unpaired) electrons. The first-order valence-corrected chi connectivity index (χ1v) is 8.57. The molecule has 0 aromatic heterocycles. The summed E-state index contributed by atoms with van der Waals surface area (Å²) in [6.07, 6.45) is -14.8. The van der Waals surface area contributed by atoms with Gasteiger partial charge in [-0.05, 0) is 24.0 Å². The van der Waals surface area contributed by atoms with Gasteiger partial charge in [0.15, 0.2) is 0 Å². The number of benzene rings is 2. The highest BCUT2D eigenvalue weighted by atomic mass is 19.4. The lowest BCUT2D eigenvalue weighted by atomic mass is 10.0. The van der Waals surface area contributed by atoms with Crippen LogP contribution in [0.5, 0.6) is 0 Å². The fourth-order valence-corrected chi connectivity index (χ4v) is 2.27. The van der Waals surface area contributed by atoms with Gasteiger partial charge < -0.3 is 10.2 Å². The maximum absolute atomic E-state index is 11.6. The van der Waals surface area contributed by atoms with Crippen LogP contribution in [0.4, 0.5) is 26.3 Å². The summed E-state index contributed by atoms with van der Waals surface area (Å²) in [4.78, 5) is 0. The van der Waals surface area contributed by atoms with Crippen LogP contribution in [0.1, 0.15) is 42.9 Å². The van der Waals surface area contributed by atoms with E-state index in [1.54, 1.807) is 0 Å². The van der Waals surface area contributed by atoms with Crippen molar-refractivity contribution in [2.75, 3.05) is 0 Å². The van der Waals surface area contributed by atoms with Gasteiger partial charge >= 0.3 is 12.4 Å². The number of rotatable bonds is 6. The molecule has 0 amide bonds. The molecule has 0 atom stereocenters. The van der Waals surface area contributed by atoms with Crippen LogP contribution in [0, 0.1) is 0 Å². The second-order valence-electron chi connectivity index (χ2n) is 6.19. The number of aliphatic hydroxyl groups is 2. The molecule has 0 aliphatic carbocycles. The van der Waals surface area contributed by atoms with Gasteiger partial charge in [0.2, 0.25) is 0 Å². The molecule has 2 nitrogen and oxygen atoms in total. The Labute approximate surface area is 159 Å². The summed E-state index contributed by atoms with van der Waals surface area (Å²) in [6, 6.07) is 19.3. The Kier molecular flexibility index (Phi) is 9.48. The molecule has 2 N–H and O–H groups in total. The van der Waals surface area contributed by atoms with E-state index in [2.05, 4.69) is 0 Å². The number of hydrogen-bond acceptors (Lipinski definition) is 2. The Bertz CT molecular complexity index is 598. The fraction of sp³-hybridized carbons (Fsp3) is 0.400. The Morgan fingerprint density at radius 1 is 0.607 bits per heavy atom. The van der Waals surface area contributed by atoms with E-state index in [1.165, 1.54) is 0 Å². The van der Waals surface area contributed by atoms with Gasteiger partial charge in [-0.15, -0.1) is 0 Å². The van der Waals surface area contributed by atoms with E-state index in [0.29, 0.717) is 0 Å². The number of alkyl halides is 6. The molecule has 0 unspecified atom stereocenters. The van der Waals surface area contributed by atoms with Gasteiger partial charge in [0.1, 0.15) is 6.10 Å². The molecular formula is C20H22F6O2. The highest BCUT2D eigenvalue weighted by molar-refractivity contribution is 5.29. The van der Waals surface area contributed by atoms with Crippen molar-refractivity contribution in [3.8, 4) is 0 Å². The summed E-state index contributed by atoms with van der Waals surface area (Å²) in [7, 11) is 0. The molecule has 2 aromatic rings. The van der Waals surface area contributed by atoms with E-state index >= 15 is 0 Å². The predicted molar refractivity (Wildman–Crippen MR) is 93.5 cm³/mol. The lowest BCUT2D eigenvalue weighted by molar-refractivity contribution is -0.147. The smallest absolute Gasteiger partial charge is 0.389 e. The first-order valence-electron chi connectivity index (χ1n) is 8.57. The zero-order chi connectivity index (χ0) is 21.2. The van der Waals surface area contributed by atoms with Crippen LogP contribution in [-0.4, -0.2) is 28.7 Å². The summed E-state index contributed by atoms with van der Waals surface area (Å²) in [5.41, 5.74) is 1.86. The molecule has 0 heterocycles. The molecule has 0 saturated heterocycles. The molecule has 0 aliphatic heterocycles. The Hall–Kier alpha value is -2.06. The molecule has 0 fully saturated rings. The third-order valence-corrected chi connectivity index (χ3v) is 3.75. The van der Waals surface area contributed by atoms with E-state index in [0.717, 1.165) is 11.1 Å². The molecule has 2 rings (SSSR count). The molecule has 156 valence electrons. The summed E-state index contributed by atoms with van der Waals surface area (Å²) < 4.78 is 69.3. The Morgan fingerprint density at radius 3 is 1.21 bits per heavy atom. The number of aliphatic hydroxyl groups excluding tert-OH is 2. The van der Waals surface area contributed by atoms with Crippen molar-refractivity contribution in [1.82, 2.24) is 0 Å². The van der Waals surface area contributed by atoms with E-state index in [9.17, 15) is 31.4 Å². The van der Waals surface area contributed by atoms with Crippen molar-refractivity contribution in [2.24, 2.45) is 0 Å². The Balaban J connectivity index is 0.000000280. The van der Waals surface area contributed by atoms with Crippen LogP contribution < -0.4 is 0 Å². The summed E-state index contributed by atoms with van der Waals surface area (Å²) >= 11 is 0. The van der Waals surface area contributed by atoms with Crippen molar-refractivity contribution < 1.29 is 36.6 Å². The highest BCUT2D eigenvalue weighted by Gasteiger charge is 2.31. The van der Waals surface area contributed by atoms with Crippen molar-refractivity contribution in [2.45, 2.75) is 50.2 Å². The summed E-state index contributed by atoms with van der Waals surface area (Å²) in [5.74, 6) is 0. The maximum atomic E-state index is 11.6. The lowest BCUT2D eigenvalue weighted by Crippen LogP contribution is -2.17. The second kappa shape index (κ2) is 11.1. The molecule has 2 aromatic carbocycles. The average molecular weight is 408 g/mol. The fourth-order valence-electron chi connectivity index (χ4n) is 2.27. The quantitative estimate of drug-likeness (QED) is 0.593. The normalized spacial score (nSPS) is 12.1. The monoisotopic (exact) mass is 408 g/mol. The van der Waals surface area contributed by atoms with Crippen LogP contribution in [0.3, 0.4) is 0 Å². The third-order valence-electron chi connectivity index (χ3n) is 3.75. The third kappa shape index (κ3) is 10.9. The van der Waals surface area contributed by atoms with E-state index < -0.39 is 50.2 Å². The van der Waals surface area contributed by atoms with E-state index in [1.807, 2.05) is 60.7 Å². The predicted octanol–water partition coefficient (Wildman–Crippen LogP) is 5.80. The van der Waals surface area contributed by atoms with Gasteiger partial charge in [-0.3, -0.25) is 0 Å². The van der Waals surface area contributed by atoms with Gasteiger partial charge in [-0.25, -0.2) is 0 Å². The van der Waals surface area contributed by atoms with E-state index in [-0.39, 0.29) is 0 Å². The van der Waals surface area contributed by atoms with Gasteiger partial charge in [-0.1, -0.05) is 60.7 Å². The van der Waals surface area contributed by atoms with E-state index in [4.69, 9.17) is 5.11 Å². The van der Waals surface area contributed by atoms with Crippen LogP contribution in [0.2, 0.25) is 0 Å². The van der Waals surface area contributed by atoms with Crippen molar-refractivity contribution >= 4 is 0 Å².